The molecule has 1 aromatic carbocycles. The Morgan fingerprint density at radius 1 is 1.38 bits per heavy atom. The molecule has 0 unspecified atom stereocenters. The molecule has 5 nitrogen and oxygen atoms in total. The second-order valence-electron chi connectivity index (χ2n) is 6.01. The number of fused-ring (bicyclic) bond motifs is 1. The first kappa shape index (κ1) is 14.2. The van der Waals surface area contributed by atoms with E-state index >= 15 is 0 Å². The smallest absolute Gasteiger partial charge is 0.255 e. The number of anilines is 1. The Hall–Kier alpha value is -1.75. The molecule has 1 aliphatic carbocycles. The molecular formula is C16H22N2O3. The van der Waals surface area contributed by atoms with Gasteiger partial charge < -0.3 is 20.5 Å². The first-order valence-corrected chi connectivity index (χ1v) is 7.63. The van der Waals surface area contributed by atoms with Gasteiger partial charge in [-0.25, -0.2) is 0 Å². The maximum absolute atomic E-state index is 12.4. The molecular weight excluding hydrogens is 268 g/mol. The van der Waals surface area contributed by atoms with Crippen molar-refractivity contribution in [3.63, 3.8) is 0 Å². The summed E-state index contributed by atoms with van der Waals surface area (Å²) >= 11 is 0. The average Bonchev–Trinajstić information content (AvgIpc) is 3.01. The number of nitrogens with one attached hydrogen (secondary N) is 2. The molecule has 5 heteroatoms. The van der Waals surface area contributed by atoms with E-state index in [1.165, 1.54) is 0 Å². The van der Waals surface area contributed by atoms with E-state index in [1.807, 2.05) is 12.1 Å². The van der Waals surface area contributed by atoms with Crippen molar-refractivity contribution in [2.24, 2.45) is 5.41 Å². The van der Waals surface area contributed by atoms with E-state index < -0.39 is 0 Å². The lowest BCUT2D eigenvalue weighted by atomic mass is 9.87. The summed E-state index contributed by atoms with van der Waals surface area (Å²) in [6.07, 6.45) is 4.22. The van der Waals surface area contributed by atoms with Crippen molar-refractivity contribution in [1.82, 2.24) is 5.32 Å². The zero-order valence-electron chi connectivity index (χ0n) is 12.2. The third kappa shape index (κ3) is 2.83. The summed E-state index contributed by atoms with van der Waals surface area (Å²) in [6.45, 7) is 1.99. The maximum Gasteiger partial charge on any atom is 0.255 e. The third-order valence-electron chi connectivity index (χ3n) is 4.55. The number of benzene rings is 1. The summed E-state index contributed by atoms with van der Waals surface area (Å²) in [5, 5.41) is 15.8. The number of hydrogen-bond acceptors (Lipinski definition) is 4. The second-order valence-corrected chi connectivity index (χ2v) is 6.01. The number of rotatable bonds is 4. The van der Waals surface area contributed by atoms with Crippen molar-refractivity contribution in [3.05, 3.63) is 23.8 Å². The SMILES string of the molecule is O=C(NCC1(CO)CCCC1)c1cccc2c1OCCN2. The number of amides is 1. The fourth-order valence-corrected chi connectivity index (χ4v) is 3.23. The van der Waals surface area contributed by atoms with Crippen molar-refractivity contribution in [3.8, 4) is 5.75 Å². The molecule has 0 aromatic heterocycles. The van der Waals surface area contributed by atoms with E-state index in [0.717, 1.165) is 37.9 Å². The van der Waals surface area contributed by atoms with Gasteiger partial charge in [0.2, 0.25) is 0 Å². The highest BCUT2D eigenvalue weighted by molar-refractivity contribution is 5.99. The zero-order valence-corrected chi connectivity index (χ0v) is 12.2. The van der Waals surface area contributed by atoms with Crippen molar-refractivity contribution in [1.29, 1.82) is 0 Å². The van der Waals surface area contributed by atoms with Gasteiger partial charge in [-0.2, -0.15) is 0 Å². The highest BCUT2D eigenvalue weighted by Gasteiger charge is 2.33. The van der Waals surface area contributed by atoms with Crippen LogP contribution in [0.1, 0.15) is 36.0 Å². The number of carbonyl (C=O) groups excluding carboxylic acids is 1. The highest BCUT2D eigenvalue weighted by Crippen LogP contribution is 2.37. The Bertz CT molecular complexity index is 524. The van der Waals surface area contributed by atoms with Gasteiger partial charge in [0.05, 0.1) is 17.9 Å². The molecule has 3 rings (SSSR count). The highest BCUT2D eigenvalue weighted by atomic mass is 16.5. The van der Waals surface area contributed by atoms with Crippen LogP contribution in [0.5, 0.6) is 5.75 Å². The van der Waals surface area contributed by atoms with E-state index in [1.54, 1.807) is 6.07 Å². The van der Waals surface area contributed by atoms with Crippen molar-refractivity contribution >= 4 is 11.6 Å². The van der Waals surface area contributed by atoms with E-state index in [-0.39, 0.29) is 17.9 Å². The number of para-hydroxylation sites is 1. The fourth-order valence-electron chi connectivity index (χ4n) is 3.23. The van der Waals surface area contributed by atoms with Crippen LogP contribution in [-0.4, -0.2) is 37.3 Å². The Balaban J connectivity index is 1.71. The summed E-state index contributed by atoms with van der Waals surface area (Å²) in [5.74, 6) is 0.501. The van der Waals surface area contributed by atoms with Crippen molar-refractivity contribution in [2.75, 3.05) is 31.6 Å². The fraction of sp³-hybridized carbons (Fsp3) is 0.562. The quantitative estimate of drug-likeness (QED) is 0.790. The molecule has 0 spiro atoms. The molecule has 21 heavy (non-hydrogen) atoms. The summed E-state index contributed by atoms with van der Waals surface area (Å²) in [5.41, 5.74) is 1.29. The summed E-state index contributed by atoms with van der Waals surface area (Å²) in [6, 6.07) is 5.55. The number of hydrogen-bond donors (Lipinski definition) is 3. The summed E-state index contributed by atoms with van der Waals surface area (Å²) < 4.78 is 5.63. The number of carbonyl (C=O) groups is 1. The Morgan fingerprint density at radius 2 is 2.19 bits per heavy atom. The number of ether oxygens (including phenoxy) is 1. The van der Waals surface area contributed by atoms with Crippen LogP contribution < -0.4 is 15.4 Å². The molecule has 1 heterocycles. The molecule has 0 atom stereocenters. The maximum atomic E-state index is 12.4. The molecule has 0 radical (unpaired) electrons. The van der Waals surface area contributed by atoms with Gasteiger partial charge in [0.25, 0.3) is 5.91 Å². The van der Waals surface area contributed by atoms with Crippen molar-refractivity contribution in [2.45, 2.75) is 25.7 Å². The minimum Gasteiger partial charge on any atom is -0.489 e. The second kappa shape index (κ2) is 5.93. The molecule has 3 N–H and O–H groups in total. The van der Waals surface area contributed by atoms with E-state index in [0.29, 0.717) is 24.5 Å². The van der Waals surface area contributed by atoms with Crippen LogP contribution in [0.25, 0.3) is 0 Å². The first-order valence-electron chi connectivity index (χ1n) is 7.63. The number of aliphatic hydroxyl groups is 1. The van der Waals surface area contributed by atoms with Crippen LogP contribution in [0.3, 0.4) is 0 Å². The number of aliphatic hydroxyl groups excluding tert-OH is 1. The minimum absolute atomic E-state index is 0.129. The van der Waals surface area contributed by atoms with E-state index in [9.17, 15) is 9.90 Å². The Kier molecular flexibility index (Phi) is 4.01. The van der Waals surface area contributed by atoms with Gasteiger partial charge in [0, 0.05) is 18.5 Å². The predicted molar refractivity (Wildman–Crippen MR) is 80.7 cm³/mol. The van der Waals surface area contributed by atoms with Gasteiger partial charge in [-0.15, -0.1) is 0 Å². The minimum atomic E-state index is -0.135. The van der Waals surface area contributed by atoms with Gasteiger partial charge >= 0.3 is 0 Å². The molecule has 114 valence electrons. The third-order valence-corrected chi connectivity index (χ3v) is 4.55. The molecule has 0 saturated heterocycles. The van der Waals surface area contributed by atoms with Crippen LogP contribution in [0.4, 0.5) is 5.69 Å². The molecule has 1 saturated carbocycles. The van der Waals surface area contributed by atoms with Gasteiger partial charge in [0.15, 0.2) is 5.75 Å². The Labute approximate surface area is 124 Å². The lowest BCUT2D eigenvalue weighted by Gasteiger charge is -2.27. The molecule has 1 aromatic rings. The van der Waals surface area contributed by atoms with Crippen LogP contribution in [0, 0.1) is 5.41 Å². The monoisotopic (exact) mass is 290 g/mol. The van der Waals surface area contributed by atoms with Crippen LogP contribution in [0.2, 0.25) is 0 Å². The van der Waals surface area contributed by atoms with Crippen LogP contribution >= 0.6 is 0 Å². The summed E-state index contributed by atoms with van der Waals surface area (Å²) in [4.78, 5) is 12.4. The first-order chi connectivity index (χ1) is 10.2. The van der Waals surface area contributed by atoms with Gasteiger partial charge in [0.1, 0.15) is 6.61 Å². The normalized spacial score (nSPS) is 19.3. The summed E-state index contributed by atoms with van der Waals surface area (Å²) in [7, 11) is 0. The van der Waals surface area contributed by atoms with Gasteiger partial charge in [-0.05, 0) is 25.0 Å². The molecule has 1 fully saturated rings. The Morgan fingerprint density at radius 3 is 2.95 bits per heavy atom. The van der Waals surface area contributed by atoms with E-state index in [4.69, 9.17) is 4.74 Å². The molecule has 1 aliphatic heterocycles. The molecule has 0 bridgehead atoms. The molecule has 1 amide bonds. The van der Waals surface area contributed by atoms with Gasteiger partial charge in [-0.1, -0.05) is 18.9 Å². The van der Waals surface area contributed by atoms with E-state index in [2.05, 4.69) is 10.6 Å². The largest absolute Gasteiger partial charge is 0.489 e. The topological polar surface area (TPSA) is 70.6 Å². The zero-order chi connectivity index (χ0) is 14.7. The van der Waals surface area contributed by atoms with Crippen molar-refractivity contribution < 1.29 is 14.6 Å². The standard InChI is InChI=1S/C16H22N2O3/c19-11-16(6-1-2-7-16)10-18-15(20)12-4-3-5-13-14(12)21-9-8-17-13/h3-5,17,19H,1-2,6-11H2,(H,18,20). The van der Waals surface area contributed by atoms with Crippen LogP contribution in [0.15, 0.2) is 18.2 Å². The molecule has 2 aliphatic rings. The lowest BCUT2D eigenvalue weighted by Crippen LogP contribution is -2.38. The lowest BCUT2D eigenvalue weighted by molar-refractivity contribution is 0.0877. The van der Waals surface area contributed by atoms with Crippen LogP contribution in [-0.2, 0) is 0 Å². The predicted octanol–water partition coefficient (Wildman–Crippen LogP) is 1.77. The average molecular weight is 290 g/mol. The van der Waals surface area contributed by atoms with Gasteiger partial charge in [-0.3, -0.25) is 4.79 Å².